The number of aryl methyl sites for hydroxylation is 1. The van der Waals surface area contributed by atoms with Gasteiger partial charge in [-0.1, -0.05) is 17.7 Å². The molecule has 2 aromatic rings. The average molecular weight is 250 g/mol. The number of phenolic OH excluding ortho intramolecular Hbond substituents is 1. The van der Waals surface area contributed by atoms with Gasteiger partial charge in [-0.25, -0.2) is 8.42 Å². The van der Waals surface area contributed by atoms with Crippen molar-refractivity contribution < 1.29 is 15.0 Å². The zero-order valence-corrected chi connectivity index (χ0v) is 10.1. The molecule has 2 aromatic carbocycles. The molecule has 1 N–H and O–H groups in total. The van der Waals surface area contributed by atoms with Gasteiger partial charge in [0.15, 0.2) is 0 Å². The fourth-order valence-corrected chi connectivity index (χ4v) is 2.74. The molecule has 0 aromatic heterocycles. The minimum atomic E-state index is -3.48. The van der Waals surface area contributed by atoms with Gasteiger partial charge in [0.2, 0.25) is 9.84 Å². The third-order valence-corrected chi connectivity index (χ3v) is 4.26. The van der Waals surface area contributed by atoms with Crippen LogP contribution in [0.5, 0.6) is 5.75 Å². The standard InChI is InChI=1S/C13H12O3S.H2/c1-10-2-6-12(7-3-10)17(15,16)13-8-4-11(14)5-9-13;/h2-9,14H,1H3;1H. The van der Waals surface area contributed by atoms with Gasteiger partial charge in [0.1, 0.15) is 5.75 Å². The second-order valence-corrected chi connectivity index (χ2v) is 5.76. The molecule has 0 heterocycles. The molecule has 0 unspecified atom stereocenters. The van der Waals surface area contributed by atoms with Crippen LogP contribution in [-0.4, -0.2) is 13.5 Å². The van der Waals surface area contributed by atoms with Crippen LogP contribution in [0.15, 0.2) is 58.3 Å². The van der Waals surface area contributed by atoms with E-state index in [4.69, 9.17) is 5.11 Å². The molecule has 0 amide bonds. The van der Waals surface area contributed by atoms with Crippen LogP contribution in [0.2, 0.25) is 0 Å². The Balaban J connectivity index is 0.00000162. The Bertz CT molecular complexity index is 565. The van der Waals surface area contributed by atoms with Gasteiger partial charge in [-0.15, -0.1) is 0 Å². The zero-order valence-electron chi connectivity index (χ0n) is 9.29. The minimum Gasteiger partial charge on any atom is -0.508 e. The number of hydrogen-bond donors (Lipinski definition) is 1. The number of rotatable bonds is 2. The summed E-state index contributed by atoms with van der Waals surface area (Å²) in [4.78, 5) is 0.438. The summed E-state index contributed by atoms with van der Waals surface area (Å²) in [5.41, 5.74) is 1.01. The van der Waals surface area contributed by atoms with E-state index >= 15 is 0 Å². The topological polar surface area (TPSA) is 54.4 Å². The molecule has 0 saturated heterocycles. The van der Waals surface area contributed by atoms with Crippen LogP contribution >= 0.6 is 0 Å². The van der Waals surface area contributed by atoms with E-state index in [0.717, 1.165) is 5.56 Å². The van der Waals surface area contributed by atoms with Crippen molar-refractivity contribution in [1.29, 1.82) is 0 Å². The molecule has 0 atom stereocenters. The van der Waals surface area contributed by atoms with Crippen LogP contribution in [0.1, 0.15) is 6.99 Å². The lowest BCUT2D eigenvalue weighted by atomic mass is 10.2. The summed E-state index contributed by atoms with van der Waals surface area (Å²) in [7, 11) is -3.48. The second kappa shape index (κ2) is 4.22. The molecule has 0 bridgehead atoms. The Kier molecular flexibility index (Phi) is 2.90. The van der Waals surface area contributed by atoms with Gasteiger partial charge in [0.05, 0.1) is 9.79 Å². The summed E-state index contributed by atoms with van der Waals surface area (Å²) in [6, 6.07) is 12.2. The quantitative estimate of drug-likeness (QED) is 0.891. The molecule has 90 valence electrons. The van der Waals surface area contributed by atoms with Crippen molar-refractivity contribution in [3.8, 4) is 5.75 Å². The zero-order chi connectivity index (χ0) is 12.5. The lowest BCUT2D eigenvalue weighted by Crippen LogP contribution is -2.01. The maximum Gasteiger partial charge on any atom is 0.206 e. The van der Waals surface area contributed by atoms with Gasteiger partial charge in [-0.3, -0.25) is 0 Å². The van der Waals surface area contributed by atoms with Crippen molar-refractivity contribution in [3.05, 3.63) is 54.1 Å². The smallest absolute Gasteiger partial charge is 0.206 e. The predicted molar refractivity (Wildman–Crippen MR) is 66.9 cm³/mol. The monoisotopic (exact) mass is 250 g/mol. The van der Waals surface area contributed by atoms with E-state index < -0.39 is 9.84 Å². The molecule has 0 fully saturated rings. The summed E-state index contributed by atoms with van der Waals surface area (Å²) in [6.07, 6.45) is 0. The van der Waals surface area contributed by atoms with Crippen molar-refractivity contribution >= 4 is 9.84 Å². The minimum absolute atomic E-state index is 0. The largest absolute Gasteiger partial charge is 0.508 e. The number of hydrogen-bond acceptors (Lipinski definition) is 3. The Hall–Kier alpha value is -1.81. The molecule has 4 heteroatoms. The maximum absolute atomic E-state index is 12.2. The molecular formula is C13H14O3S. The first-order valence-corrected chi connectivity index (χ1v) is 6.59. The SMILES string of the molecule is Cc1ccc(S(=O)(=O)c2ccc(O)cc2)cc1.[HH]. The highest BCUT2D eigenvalue weighted by Crippen LogP contribution is 2.22. The highest BCUT2D eigenvalue weighted by molar-refractivity contribution is 7.91. The maximum atomic E-state index is 12.2. The van der Waals surface area contributed by atoms with E-state index in [1.54, 1.807) is 24.3 Å². The van der Waals surface area contributed by atoms with E-state index in [1.165, 1.54) is 24.3 Å². The highest BCUT2D eigenvalue weighted by atomic mass is 32.2. The summed E-state index contributed by atoms with van der Waals surface area (Å²) >= 11 is 0. The molecule has 17 heavy (non-hydrogen) atoms. The van der Waals surface area contributed by atoms with Gasteiger partial charge in [-0.05, 0) is 43.3 Å². The summed E-state index contributed by atoms with van der Waals surface area (Å²) in [5, 5.41) is 9.13. The van der Waals surface area contributed by atoms with Crippen molar-refractivity contribution in [2.75, 3.05) is 0 Å². The van der Waals surface area contributed by atoms with Crippen LogP contribution in [0.4, 0.5) is 0 Å². The third-order valence-electron chi connectivity index (χ3n) is 2.48. The molecule has 0 radical (unpaired) electrons. The molecular weight excluding hydrogens is 236 g/mol. The van der Waals surface area contributed by atoms with E-state index in [-0.39, 0.29) is 17.0 Å². The fraction of sp³-hybridized carbons (Fsp3) is 0.0769. The Morgan fingerprint density at radius 3 is 1.76 bits per heavy atom. The molecule has 0 spiro atoms. The Morgan fingerprint density at radius 2 is 1.29 bits per heavy atom. The molecule has 0 saturated carbocycles. The molecule has 3 nitrogen and oxygen atoms in total. The number of benzene rings is 2. The van der Waals surface area contributed by atoms with Crippen molar-refractivity contribution in [1.82, 2.24) is 0 Å². The van der Waals surface area contributed by atoms with E-state index in [2.05, 4.69) is 0 Å². The van der Waals surface area contributed by atoms with Gasteiger partial charge < -0.3 is 5.11 Å². The number of phenols is 1. The lowest BCUT2D eigenvalue weighted by Gasteiger charge is -2.04. The molecule has 2 rings (SSSR count). The Labute approximate surface area is 102 Å². The van der Waals surface area contributed by atoms with E-state index in [0.29, 0.717) is 0 Å². The molecule has 0 aliphatic carbocycles. The normalized spacial score (nSPS) is 11.4. The predicted octanol–water partition coefficient (Wildman–Crippen LogP) is 2.78. The van der Waals surface area contributed by atoms with Crippen LogP contribution < -0.4 is 0 Å². The number of sulfone groups is 1. The molecule has 0 aliphatic heterocycles. The van der Waals surface area contributed by atoms with Crippen LogP contribution in [0.3, 0.4) is 0 Å². The van der Waals surface area contributed by atoms with Crippen molar-refractivity contribution in [2.24, 2.45) is 0 Å². The number of aromatic hydroxyl groups is 1. The fourth-order valence-electron chi connectivity index (χ4n) is 1.48. The molecule has 0 aliphatic rings. The Morgan fingerprint density at radius 1 is 0.882 bits per heavy atom. The lowest BCUT2D eigenvalue weighted by molar-refractivity contribution is 0.475. The van der Waals surface area contributed by atoms with E-state index in [1.807, 2.05) is 6.92 Å². The average Bonchev–Trinajstić information content (AvgIpc) is 2.30. The van der Waals surface area contributed by atoms with Gasteiger partial charge >= 0.3 is 0 Å². The highest BCUT2D eigenvalue weighted by Gasteiger charge is 2.16. The van der Waals surface area contributed by atoms with Crippen molar-refractivity contribution in [3.63, 3.8) is 0 Å². The van der Waals surface area contributed by atoms with Gasteiger partial charge in [0, 0.05) is 1.43 Å². The second-order valence-electron chi connectivity index (χ2n) is 3.81. The first kappa shape index (κ1) is 11.7. The summed E-state index contributed by atoms with van der Waals surface area (Å²) < 4.78 is 24.3. The first-order valence-electron chi connectivity index (χ1n) is 5.11. The van der Waals surface area contributed by atoms with Gasteiger partial charge in [-0.2, -0.15) is 0 Å². The van der Waals surface area contributed by atoms with Gasteiger partial charge in [0.25, 0.3) is 0 Å². The van der Waals surface area contributed by atoms with Crippen LogP contribution in [0.25, 0.3) is 0 Å². The first-order chi connectivity index (χ1) is 8.00. The third kappa shape index (κ3) is 2.31. The summed E-state index contributed by atoms with van der Waals surface area (Å²) in [6.45, 7) is 1.90. The van der Waals surface area contributed by atoms with Crippen LogP contribution in [0, 0.1) is 6.92 Å². The van der Waals surface area contributed by atoms with Crippen LogP contribution in [-0.2, 0) is 9.84 Å². The summed E-state index contributed by atoms with van der Waals surface area (Å²) in [5.74, 6) is 0.0489. The van der Waals surface area contributed by atoms with Crippen molar-refractivity contribution in [2.45, 2.75) is 16.7 Å². The van der Waals surface area contributed by atoms with E-state index in [9.17, 15) is 8.42 Å².